The monoisotopic (exact) mass is 183 g/mol. The molecule has 0 spiro atoms. The molecule has 72 valence electrons. The molecule has 1 aromatic rings. The van der Waals surface area contributed by atoms with Gasteiger partial charge in [0.25, 0.3) is 0 Å². The van der Waals surface area contributed by atoms with Crippen LogP contribution in [0.15, 0.2) is 18.2 Å². The van der Waals surface area contributed by atoms with Gasteiger partial charge in [-0.3, -0.25) is 0 Å². The van der Waals surface area contributed by atoms with E-state index in [4.69, 9.17) is 10.5 Å². The number of nitrogen functional groups attached to an aromatic ring is 1. The summed E-state index contributed by atoms with van der Waals surface area (Å²) in [6, 6.07) is 5.30. The van der Waals surface area contributed by atoms with Crippen LogP contribution in [-0.4, -0.2) is 23.3 Å². The molecule has 13 heavy (non-hydrogen) atoms. The van der Waals surface area contributed by atoms with E-state index in [1.165, 1.54) is 0 Å². The number of benzene rings is 1. The second kappa shape index (κ2) is 3.64. The van der Waals surface area contributed by atoms with E-state index in [1.54, 1.807) is 12.1 Å². The second-order valence-corrected chi connectivity index (χ2v) is 3.01. The highest BCUT2D eigenvalue weighted by Crippen LogP contribution is 2.27. The van der Waals surface area contributed by atoms with Gasteiger partial charge in [0.05, 0.1) is 18.4 Å². The summed E-state index contributed by atoms with van der Waals surface area (Å²) in [5, 5.41) is 9.27. The van der Waals surface area contributed by atoms with Crippen molar-refractivity contribution in [3.8, 4) is 5.75 Å². The van der Waals surface area contributed by atoms with Crippen molar-refractivity contribution >= 4 is 5.69 Å². The Hall–Kier alpha value is -1.26. The van der Waals surface area contributed by atoms with E-state index in [1.807, 2.05) is 6.07 Å². The third kappa shape index (κ3) is 2.11. The Morgan fingerprint density at radius 1 is 1.54 bits per heavy atom. The summed E-state index contributed by atoms with van der Waals surface area (Å²) < 4.78 is 5.07. The van der Waals surface area contributed by atoms with Crippen LogP contribution < -0.4 is 5.73 Å². The van der Waals surface area contributed by atoms with Gasteiger partial charge in [-0.2, -0.15) is 0 Å². The van der Waals surface area contributed by atoms with Crippen molar-refractivity contribution in [3.05, 3.63) is 23.8 Å². The summed E-state index contributed by atoms with van der Waals surface area (Å²) >= 11 is 0. The largest absolute Gasteiger partial charge is 0.506 e. The van der Waals surface area contributed by atoms with Crippen molar-refractivity contribution in [2.45, 2.75) is 12.5 Å². The number of phenolic OH excluding ortho intramolecular Hbond substituents is 1. The zero-order chi connectivity index (χ0) is 8.55. The molecule has 0 bridgehead atoms. The van der Waals surface area contributed by atoms with Gasteiger partial charge in [0.2, 0.25) is 0 Å². The van der Waals surface area contributed by atoms with Crippen LogP contribution in [0.2, 0.25) is 0 Å². The summed E-state index contributed by atoms with van der Waals surface area (Å²) in [6.45, 7) is 0.815. The maximum Gasteiger partial charge on any atom is 0.138 e. The van der Waals surface area contributed by atoms with Crippen molar-refractivity contribution in [1.29, 1.82) is 0 Å². The first-order chi connectivity index (χ1) is 5.77. The van der Waals surface area contributed by atoms with Gasteiger partial charge in [-0.15, -0.1) is 0 Å². The Balaban J connectivity index is 0.000000845. The first-order valence-corrected chi connectivity index (χ1v) is 3.95. The number of rotatable bonds is 2. The lowest BCUT2D eigenvalue weighted by Crippen LogP contribution is -1.98. The first-order valence-electron chi connectivity index (χ1n) is 3.95. The van der Waals surface area contributed by atoms with E-state index < -0.39 is 0 Å². The van der Waals surface area contributed by atoms with Gasteiger partial charge >= 0.3 is 0 Å². The minimum Gasteiger partial charge on any atom is -0.506 e. The third-order valence-electron chi connectivity index (χ3n) is 2.02. The number of anilines is 1. The molecule has 1 aromatic carbocycles. The van der Waals surface area contributed by atoms with Gasteiger partial charge in [0.1, 0.15) is 5.75 Å². The third-order valence-corrected chi connectivity index (χ3v) is 2.02. The van der Waals surface area contributed by atoms with Crippen molar-refractivity contribution in [2.24, 2.45) is 0 Å². The van der Waals surface area contributed by atoms with E-state index in [9.17, 15) is 5.11 Å². The van der Waals surface area contributed by atoms with Gasteiger partial charge in [-0.05, 0) is 11.6 Å². The Kier molecular flexibility index (Phi) is 2.75. The average Bonchev–Trinajstić information content (AvgIpc) is 2.83. The van der Waals surface area contributed by atoms with Gasteiger partial charge in [0.15, 0.2) is 0 Å². The molecule has 1 heterocycles. The molecule has 1 aliphatic heterocycles. The van der Waals surface area contributed by atoms with Crippen LogP contribution in [0.3, 0.4) is 0 Å². The van der Waals surface area contributed by atoms with Crippen molar-refractivity contribution in [2.75, 3.05) is 12.3 Å². The first kappa shape index (κ1) is 9.83. The van der Waals surface area contributed by atoms with Crippen molar-refractivity contribution in [3.63, 3.8) is 0 Å². The fourth-order valence-electron chi connectivity index (χ4n) is 1.21. The molecular weight excluding hydrogens is 170 g/mol. The highest BCUT2D eigenvalue weighted by atomic mass is 16.6. The van der Waals surface area contributed by atoms with Crippen LogP contribution in [0.25, 0.3) is 0 Å². The van der Waals surface area contributed by atoms with Crippen LogP contribution >= 0.6 is 0 Å². The van der Waals surface area contributed by atoms with Crippen LogP contribution in [-0.2, 0) is 11.2 Å². The van der Waals surface area contributed by atoms with Gasteiger partial charge in [-0.1, -0.05) is 12.1 Å². The molecular formula is C9H13NO3. The minimum atomic E-state index is 0. The zero-order valence-electron chi connectivity index (χ0n) is 7.16. The molecule has 0 saturated carbocycles. The maximum absolute atomic E-state index is 9.27. The summed E-state index contributed by atoms with van der Waals surface area (Å²) in [5.74, 6) is 0.160. The highest BCUT2D eigenvalue weighted by molar-refractivity contribution is 5.57. The van der Waals surface area contributed by atoms with Crippen molar-refractivity contribution < 1.29 is 15.3 Å². The Labute approximate surface area is 76.2 Å². The molecule has 1 atom stereocenters. The number of hydrogen-bond acceptors (Lipinski definition) is 3. The Bertz CT molecular complexity index is 297. The normalized spacial score (nSPS) is 19.2. The molecule has 0 radical (unpaired) electrons. The minimum absolute atomic E-state index is 0. The molecule has 1 aliphatic rings. The smallest absolute Gasteiger partial charge is 0.138 e. The van der Waals surface area contributed by atoms with Gasteiger partial charge in [-0.25, -0.2) is 0 Å². The number of aromatic hydroxyl groups is 1. The van der Waals surface area contributed by atoms with E-state index in [2.05, 4.69) is 0 Å². The van der Waals surface area contributed by atoms with E-state index in [-0.39, 0.29) is 11.2 Å². The SMILES string of the molecule is Nc1c(O)cccc1CC1CO1.O. The lowest BCUT2D eigenvalue weighted by Gasteiger charge is -2.04. The van der Waals surface area contributed by atoms with Gasteiger partial charge in [0, 0.05) is 6.42 Å². The topological polar surface area (TPSA) is 90.3 Å². The number of para-hydroxylation sites is 1. The molecule has 0 aromatic heterocycles. The Morgan fingerprint density at radius 2 is 2.23 bits per heavy atom. The standard InChI is InChI=1S/C9H11NO2.H2O/c10-9-6(4-7-5-12-7)2-1-3-8(9)11;/h1-3,7,11H,4-5,10H2;1H2. The Morgan fingerprint density at radius 3 is 2.85 bits per heavy atom. The summed E-state index contributed by atoms with van der Waals surface area (Å²) in [5.41, 5.74) is 7.10. The maximum atomic E-state index is 9.27. The quantitative estimate of drug-likeness (QED) is 0.387. The molecule has 1 fully saturated rings. The number of phenols is 1. The number of epoxide rings is 1. The summed E-state index contributed by atoms with van der Waals surface area (Å²) in [7, 11) is 0. The zero-order valence-corrected chi connectivity index (χ0v) is 7.16. The fourth-order valence-corrected chi connectivity index (χ4v) is 1.21. The average molecular weight is 183 g/mol. The molecule has 0 amide bonds. The van der Waals surface area contributed by atoms with Crippen LogP contribution in [0.4, 0.5) is 5.69 Å². The van der Waals surface area contributed by atoms with E-state index >= 15 is 0 Å². The molecule has 5 N–H and O–H groups in total. The molecule has 4 nitrogen and oxygen atoms in total. The van der Waals surface area contributed by atoms with Crippen molar-refractivity contribution in [1.82, 2.24) is 0 Å². The molecule has 4 heteroatoms. The number of ether oxygens (including phenoxy) is 1. The van der Waals surface area contributed by atoms with E-state index in [0.717, 1.165) is 18.6 Å². The second-order valence-electron chi connectivity index (χ2n) is 3.01. The number of hydrogen-bond donors (Lipinski definition) is 2. The fraction of sp³-hybridized carbons (Fsp3) is 0.333. The van der Waals surface area contributed by atoms with Gasteiger partial charge < -0.3 is 21.1 Å². The molecule has 0 aliphatic carbocycles. The molecule has 1 saturated heterocycles. The van der Waals surface area contributed by atoms with Crippen LogP contribution in [0, 0.1) is 0 Å². The highest BCUT2D eigenvalue weighted by Gasteiger charge is 2.23. The predicted octanol–water partition coefficient (Wildman–Crippen LogP) is 0.0910. The molecule has 1 unspecified atom stereocenters. The predicted molar refractivity (Wildman–Crippen MR) is 49.6 cm³/mol. The summed E-state index contributed by atoms with van der Waals surface area (Å²) in [6.07, 6.45) is 1.12. The van der Waals surface area contributed by atoms with Crippen LogP contribution in [0.1, 0.15) is 5.56 Å². The summed E-state index contributed by atoms with van der Waals surface area (Å²) in [4.78, 5) is 0. The lowest BCUT2D eigenvalue weighted by molar-refractivity contribution is 0.407. The van der Waals surface area contributed by atoms with E-state index in [0.29, 0.717) is 11.8 Å². The number of nitrogens with two attached hydrogens (primary N) is 1. The molecule has 2 rings (SSSR count). The lowest BCUT2D eigenvalue weighted by atomic mass is 10.1. The van der Waals surface area contributed by atoms with Crippen LogP contribution in [0.5, 0.6) is 5.75 Å².